The SMILES string of the molecule is CCc1nc(S(=O)(=O)Cc2nccc(C)n2)n[nH]1. The van der Waals surface area contributed by atoms with Crippen LogP contribution in [-0.4, -0.2) is 33.6 Å². The van der Waals surface area contributed by atoms with Crippen LogP contribution in [0.4, 0.5) is 0 Å². The van der Waals surface area contributed by atoms with E-state index in [0.29, 0.717) is 12.2 Å². The summed E-state index contributed by atoms with van der Waals surface area (Å²) in [4.78, 5) is 11.9. The molecule has 0 spiro atoms. The molecule has 1 N–H and O–H groups in total. The summed E-state index contributed by atoms with van der Waals surface area (Å²) in [7, 11) is -3.60. The van der Waals surface area contributed by atoms with Crippen LogP contribution in [0.25, 0.3) is 0 Å². The van der Waals surface area contributed by atoms with Crippen LogP contribution in [0.5, 0.6) is 0 Å². The molecule has 0 atom stereocenters. The number of aryl methyl sites for hydroxylation is 2. The third kappa shape index (κ3) is 2.70. The van der Waals surface area contributed by atoms with E-state index in [1.165, 1.54) is 6.20 Å². The number of sulfone groups is 1. The highest BCUT2D eigenvalue weighted by molar-refractivity contribution is 7.90. The van der Waals surface area contributed by atoms with Gasteiger partial charge >= 0.3 is 0 Å². The van der Waals surface area contributed by atoms with Gasteiger partial charge in [0.2, 0.25) is 9.84 Å². The summed E-state index contributed by atoms with van der Waals surface area (Å²) in [5.41, 5.74) is 0.722. The summed E-state index contributed by atoms with van der Waals surface area (Å²) in [6.45, 7) is 3.64. The quantitative estimate of drug-likeness (QED) is 0.862. The lowest BCUT2D eigenvalue weighted by molar-refractivity contribution is 0.585. The second-order valence-electron chi connectivity index (χ2n) is 3.79. The molecule has 0 aliphatic carbocycles. The molecule has 0 saturated carbocycles. The van der Waals surface area contributed by atoms with E-state index in [1.807, 2.05) is 6.92 Å². The van der Waals surface area contributed by atoms with Crippen molar-refractivity contribution in [2.24, 2.45) is 0 Å². The van der Waals surface area contributed by atoms with E-state index in [1.54, 1.807) is 13.0 Å². The van der Waals surface area contributed by atoms with Gasteiger partial charge < -0.3 is 0 Å². The molecule has 2 aromatic rings. The molecule has 96 valence electrons. The number of aromatic nitrogens is 5. The van der Waals surface area contributed by atoms with E-state index in [4.69, 9.17) is 0 Å². The zero-order valence-electron chi connectivity index (χ0n) is 10.1. The van der Waals surface area contributed by atoms with E-state index in [0.717, 1.165) is 5.69 Å². The van der Waals surface area contributed by atoms with Crippen LogP contribution in [0.1, 0.15) is 24.3 Å². The molecule has 7 nitrogen and oxygen atoms in total. The third-order valence-corrected chi connectivity index (χ3v) is 3.67. The number of nitrogens with one attached hydrogen (secondary N) is 1. The Balaban J connectivity index is 2.27. The van der Waals surface area contributed by atoms with Gasteiger partial charge in [-0.15, -0.1) is 5.10 Å². The number of aromatic amines is 1. The molecular weight excluding hydrogens is 254 g/mol. The molecule has 0 fully saturated rings. The van der Waals surface area contributed by atoms with Gasteiger partial charge in [-0.25, -0.2) is 23.4 Å². The van der Waals surface area contributed by atoms with Crippen molar-refractivity contribution >= 4 is 9.84 Å². The number of hydrogen-bond acceptors (Lipinski definition) is 6. The predicted molar refractivity (Wildman–Crippen MR) is 63.4 cm³/mol. The second-order valence-corrected chi connectivity index (χ2v) is 5.67. The van der Waals surface area contributed by atoms with Gasteiger partial charge in [-0.1, -0.05) is 6.92 Å². The molecule has 2 heterocycles. The van der Waals surface area contributed by atoms with Gasteiger partial charge in [0.1, 0.15) is 17.4 Å². The first-order chi connectivity index (χ1) is 8.51. The monoisotopic (exact) mass is 267 g/mol. The number of rotatable bonds is 4. The molecule has 0 radical (unpaired) electrons. The maximum absolute atomic E-state index is 12.0. The van der Waals surface area contributed by atoms with Crippen LogP contribution in [-0.2, 0) is 22.0 Å². The topological polar surface area (TPSA) is 101 Å². The standard InChI is InChI=1S/C10H13N5O2S/c1-3-8-13-10(15-14-8)18(16,17)6-9-11-5-4-7(2)12-9/h4-5H,3,6H2,1-2H3,(H,13,14,15). The Hall–Kier alpha value is -1.83. The normalized spacial score (nSPS) is 11.7. The highest BCUT2D eigenvalue weighted by Crippen LogP contribution is 2.10. The Morgan fingerprint density at radius 3 is 2.72 bits per heavy atom. The fraction of sp³-hybridized carbons (Fsp3) is 0.400. The van der Waals surface area contributed by atoms with E-state index in [2.05, 4.69) is 25.1 Å². The van der Waals surface area contributed by atoms with Crippen molar-refractivity contribution in [1.82, 2.24) is 25.1 Å². The summed E-state index contributed by atoms with van der Waals surface area (Å²) >= 11 is 0. The van der Waals surface area contributed by atoms with Crippen LogP contribution in [0.3, 0.4) is 0 Å². The highest BCUT2D eigenvalue weighted by atomic mass is 32.2. The summed E-state index contributed by atoms with van der Waals surface area (Å²) in [5, 5.41) is 6.07. The first kappa shape index (κ1) is 12.6. The smallest absolute Gasteiger partial charge is 0.262 e. The van der Waals surface area contributed by atoms with Crippen molar-refractivity contribution in [3.05, 3.63) is 29.6 Å². The molecule has 0 aromatic carbocycles. The summed E-state index contributed by atoms with van der Waals surface area (Å²) < 4.78 is 24.0. The molecule has 0 unspecified atom stereocenters. The van der Waals surface area contributed by atoms with Crippen molar-refractivity contribution in [3.63, 3.8) is 0 Å². The highest BCUT2D eigenvalue weighted by Gasteiger charge is 2.22. The molecule has 0 aliphatic heterocycles. The van der Waals surface area contributed by atoms with Crippen molar-refractivity contribution in [2.45, 2.75) is 31.2 Å². The second kappa shape index (κ2) is 4.81. The number of hydrogen-bond donors (Lipinski definition) is 1. The average molecular weight is 267 g/mol. The minimum absolute atomic E-state index is 0.204. The van der Waals surface area contributed by atoms with Gasteiger partial charge in [-0.2, -0.15) is 0 Å². The van der Waals surface area contributed by atoms with Crippen LogP contribution in [0.15, 0.2) is 17.4 Å². The fourth-order valence-corrected chi connectivity index (χ4v) is 2.42. The number of nitrogens with zero attached hydrogens (tertiary/aromatic N) is 4. The van der Waals surface area contributed by atoms with Gasteiger partial charge in [0.25, 0.3) is 5.16 Å². The molecule has 0 bridgehead atoms. The Kier molecular flexibility index (Phi) is 3.37. The molecule has 2 rings (SSSR count). The van der Waals surface area contributed by atoms with Crippen molar-refractivity contribution < 1.29 is 8.42 Å². The van der Waals surface area contributed by atoms with E-state index in [9.17, 15) is 8.42 Å². The first-order valence-electron chi connectivity index (χ1n) is 5.44. The molecule has 0 saturated heterocycles. The molecule has 0 amide bonds. The van der Waals surface area contributed by atoms with Crippen LogP contribution in [0, 0.1) is 6.92 Å². The van der Waals surface area contributed by atoms with Gasteiger partial charge in [-0.3, -0.25) is 5.10 Å². The van der Waals surface area contributed by atoms with E-state index in [-0.39, 0.29) is 16.7 Å². The Labute approximate surface area is 105 Å². The van der Waals surface area contributed by atoms with Gasteiger partial charge in [0, 0.05) is 18.3 Å². The molecule has 0 aliphatic rings. The van der Waals surface area contributed by atoms with Crippen LogP contribution in [0.2, 0.25) is 0 Å². The Morgan fingerprint density at radius 1 is 1.33 bits per heavy atom. The van der Waals surface area contributed by atoms with Crippen molar-refractivity contribution in [3.8, 4) is 0 Å². The predicted octanol–water partition coefficient (Wildman–Crippen LogP) is 0.439. The molecule has 18 heavy (non-hydrogen) atoms. The average Bonchev–Trinajstić information content (AvgIpc) is 2.77. The number of H-pyrrole nitrogens is 1. The lowest BCUT2D eigenvalue weighted by atomic mass is 10.4. The van der Waals surface area contributed by atoms with Gasteiger partial charge in [0.05, 0.1) is 0 Å². The van der Waals surface area contributed by atoms with Gasteiger partial charge in [-0.05, 0) is 13.0 Å². The summed E-state index contributed by atoms with van der Waals surface area (Å²) in [5.74, 6) is 0.493. The fourth-order valence-electron chi connectivity index (χ4n) is 1.38. The molecule has 2 aromatic heterocycles. The first-order valence-corrected chi connectivity index (χ1v) is 7.09. The van der Waals surface area contributed by atoms with Crippen molar-refractivity contribution in [2.75, 3.05) is 0 Å². The summed E-state index contributed by atoms with van der Waals surface area (Å²) in [6.07, 6.45) is 2.13. The van der Waals surface area contributed by atoms with E-state index >= 15 is 0 Å². The zero-order valence-corrected chi connectivity index (χ0v) is 10.9. The Morgan fingerprint density at radius 2 is 2.11 bits per heavy atom. The minimum atomic E-state index is -3.60. The van der Waals surface area contributed by atoms with Crippen molar-refractivity contribution in [1.29, 1.82) is 0 Å². The third-order valence-electron chi connectivity index (χ3n) is 2.29. The maximum Gasteiger partial charge on any atom is 0.267 e. The lowest BCUT2D eigenvalue weighted by Gasteiger charge is -1.99. The summed E-state index contributed by atoms with van der Waals surface area (Å²) in [6, 6.07) is 1.71. The van der Waals surface area contributed by atoms with Gasteiger partial charge in [0.15, 0.2) is 0 Å². The zero-order chi connectivity index (χ0) is 13.2. The molecule has 8 heteroatoms. The lowest BCUT2D eigenvalue weighted by Crippen LogP contribution is -2.10. The Bertz CT molecular complexity index is 650. The largest absolute Gasteiger partial charge is 0.267 e. The van der Waals surface area contributed by atoms with Crippen LogP contribution >= 0.6 is 0 Å². The van der Waals surface area contributed by atoms with Crippen LogP contribution < -0.4 is 0 Å². The maximum atomic E-state index is 12.0. The molecular formula is C10H13N5O2S. The minimum Gasteiger partial charge on any atom is -0.262 e. The van der Waals surface area contributed by atoms with E-state index < -0.39 is 9.84 Å².